The Bertz CT molecular complexity index is 581. The maximum absolute atomic E-state index is 4.51. The molecular formula is C16H17NS. The highest BCUT2D eigenvalue weighted by molar-refractivity contribution is 7.16. The summed E-state index contributed by atoms with van der Waals surface area (Å²) in [7, 11) is 0. The van der Waals surface area contributed by atoms with E-state index in [-0.39, 0.29) is 0 Å². The van der Waals surface area contributed by atoms with Crippen molar-refractivity contribution in [1.29, 1.82) is 0 Å². The Hall–Kier alpha value is -1.41. The lowest BCUT2D eigenvalue weighted by Crippen LogP contribution is -2.00. The predicted octanol–water partition coefficient (Wildman–Crippen LogP) is 4.58. The largest absolute Gasteiger partial charge is 0.255 e. The van der Waals surface area contributed by atoms with Crippen molar-refractivity contribution in [2.45, 2.75) is 26.7 Å². The van der Waals surface area contributed by atoms with E-state index in [1.165, 1.54) is 27.3 Å². The summed E-state index contributed by atoms with van der Waals surface area (Å²) < 4.78 is 0. The second-order valence-electron chi connectivity index (χ2n) is 4.86. The average molecular weight is 255 g/mol. The second kappa shape index (κ2) is 4.69. The van der Waals surface area contributed by atoms with Crippen molar-refractivity contribution >= 4 is 17.4 Å². The van der Waals surface area contributed by atoms with Crippen molar-refractivity contribution in [1.82, 2.24) is 4.98 Å². The van der Waals surface area contributed by atoms with Crippen molar-refractivity contribution in [2.75, 3.05) is 0 Å². The summed E-state index contributed by atoms with van der Waals surface area (Å²) in [5.41, 5.74) is 4.05. The zero-order valence-electron chi connectivity index (χ0n) is 10.8. The lowest BCUT2D eigenvalue weighted by molar-refractivity contribution is 0.726. The van der Waals surface area contributed by atoms with Gasteiger partial charge in [-0.1, -0.05) is 32.1 Å². The maximum Gasteiger partial charge on any atom is 0.0804 e. The van der Waals surface area contributed by atoms with Gasteiger partial charge in [0.25, 0.3) is 0 Å². The number of nitrogens with zero attached hydrogens (tertiary/aromatic N) is 1. The highest BCUT2D eigenvalue weighted by Crippen LogP contribution is 2.40. The van der Waals surface area contributed by atoms with Crippen LogP contribution >= 0.6 is 11.3 Å². The molecule has 0 bridgehead atoms. The lowest BCUT2D eigenvalue weighted by atomic mass is 9.93. The highest BCUT2D eigenvalue weighted by Gasteiger charge is 2.20. The molecule has 92 valence electrons. The first kappa shape index (κ1) is 11.7. The molecule has 2 heteroatoms. The number of pyridine rings is 1. The minimum absolute atomic E-state index is 0.664. The van der Waals surface area contributed by atoms with Gasteiger partial charge >= 0.3 is 0 Å². The Morgan fingerprint density at radius 1 is 1.39 bits per heavy atom. The van der Waals surface area contributed by atoms with E-state index in [0.717, 1.165) is 12.1 Å². The van der Waals surface area contributed by atoms with Gasteiger partial charge in [-0.3, -0.25) is 4.98 Å². The summed E-state index contributed by atoms with van der Waals surface area (Å²) in [5, 5.41) is 0. The van der Waals surface area contributed by atoms with E-state index in [2.05, 4.69) is 43.1 Å². The molecule has 0 aliphatic heterocycles. The fourth-order valence-corrected chi connectivity index (χ4v) is 4.05. The molecule has 3 rings (SSSR count). The van der Waals surface area contributed by atoms with Gasteiger partial charge in [0.05, 0.1) is 10.6 Å². The van der Waals surface area contributed by atoms with Crippen LogP contribution in [0.5, 0.6) is 0 Å². The fourth-order valence-electron chi connectivity index (χ4n) is 2.55. The van der Waals surface area contributed by atoms with Crippen LogP contribution in [0.25, 0.3) is 16.6 Å². The van der Waals surface area contributed by atoms with E-state index in [0.29, 0.717) is 5.92 Å². The molecule has 2 heterocycles. The van der Waals surface area contributed by atoms with Gasteiger partial charge in [-0.25, -0.2) is 0 Å². The number of fused-ring (bicyclic) bond motifs is 1. The van der Waals surface area contributed by atoms with Gasteiger partial charge < -0.3 is 0 Å². The van der Waals surface area contributed by atoms with Gasteiger partial charge in [-0.2, -0.15) is 0 Å². The van der Waals surface area contributed by atoms with E-state index < -0.39 is 0 Å². The Balaban J connectivity index is 2.15. The van der Waals surface area contributed by atoms with Crippen molar-refractivity contribution in [2.24, 2.45) is 5.92 Å². The minimum atomic E-state index is 0.664. The van der Waals surface area contributed by atoms with E-state index in [9.17, 15) is 0 Å². The quantitative estimate of drug-likeness (QED) is 0.765. The molecule has 0 spiro atoms. The zero-order chi connectivity index (χ0) is 12.5. The number of aromatic nitrogens is 1. The molecule has 0 saturated carbocycles. The van der Waals surface area contributed by atoms with E-state index in [4.69, 9.17) is 0 Å². The minimum Gasteiger partial charge on any atom is -0.255 e. The molecule has 0 saturated heterocycles. The van der Waals surface area contributed by atoms with Crippen LogP contribution in [0.15, 0.2) is 30.5 Å². The number of rotatable bonds is 2. The van der Waals surface area contributed by atoms with Crippen molar-refractivity contribution < 1.29 is 0 Å². The summed E-state index contributed by atoms with van der Waals surface area (Å²) in [5.74, 6) is 0.664. The third-order valence-electron chi connectivity index (χ3n) is 3.47. The van der Waals surface area contributed by atoms with E-state index >= 15 is 0 Å². The number of hydrogen-bond acceptors (Lipinski definition) is 2. The van der Waals surface area contributed by atoms with Crippen LogP contribution in [0.1, 0.15) is 29.9 Å². The normalized spacial score (nSPS) is 17.8. The summed E-state index contributed by atoms with van der Waals surface area (Å²) in [6, 6.07) is 6.16. The Kier molecular flexibility index (Phi) is 3.04. The van der Waals surface area contributed by atoms with Gasteiger partial charge in [0.1, 0.15) is 0 Å². The highest BCUT2D eigenvalue weighted by atomic mass is 32.1. The second-order valence-corrected chi connectivity index (χ2v) is 5.96. The first-order valence-electron chi connectivity index (χ1n) is 6.53. The van der Waals surface area contributed by atoms with Gasteiger partial charge in [0.15, 0.2) is 0 Å². The molecule has 1 aliphatic rings. The lowest BCUT2D eigenvalue weighted by Gasteiger charge is -2.12. The first-order valence-corrected chi connectivity index (χ1v) is 7.35. The molecule has 0 radical (unpaired) electrons. The maximum atomic E-state index is 4.51. The van der Waals surface area contributed by atoms with Crippen molar-refractivity contribution in [3.63, 3.8) is 0 Å². The topological polar surface area (TPSA) is 12.9 Å². The summed E-state index contributed by atoms with van der Waals surface area (Å²) in [4.78, 5) is 7.40. The molecule has 0 amide bonds. The van der Waals surface area contributed by atoms with E-state index in [1.807, 2.05) is 23.6 Å². The molecule has 0 fully saturated rings. The predicted molar refractivity (Wildman–Crippen MR) is 78.8 cm³/mol. The van der Waals surface area contributed by atoms with Crippen LogP contribution < -0.4 is 0 Å². The molecule has 18 heavy (non-hydrogen) atoms. The van der Waals surface area contributed by atoms with Gasteiger partial charge in [-0.05, 0) is 42.0 Å². The van der Waals surface area contributed by atoms with Crippen LogP contribution in [0.4, 0.5) is 0 Å². The van der Waals surface area contributed by atoms with Crippen LogP contribution in [0.2, 0.25) is 0 Å². The zero-order valence-corrected chi connectivity index (χ0v) is 11.6. The standard InChI is InChI=1S/C16H17NS/c1-3-12-13-8-7-11(2)10-15(13)18-16(12)14-6-4-5-9-17-14/h4-9,11H,3,10H2,1-2H3. The summed E-state index contributed by atoms with van der Waals surface area (Å²) in [6.07, 6.45) is 8.78. The fraction of sp³-hybridized carbons (Fsp3) is 0.312. The Labute approximate surface area is 112 Å². The van der Waals surface area contributed by atoms with Gasteiger partial charge in [0.2, 0.25) is 0 Å². The number of hydrogen-bond donors (Lipinski definition) is 0. The van der Waals surface area contributed by atoms with Gasteiger partial charge in [-0.15, -0.1) is 11.3 Å². The molecule has 2 aromatic rings. The smallest absolute Gasteiger partial charge is 0.0804 e. The van der Waals surface area contributed by atoms with Crippen LogP contribution in [-0.4, -0.2) is 4.98 Å². The average Bonchev–Trinajstić information content (AvgIpc) is 2.77. The van der Waals surface area contributed by atoms with Crippen LogP contribution in [0, 0.1) is 5.92 Å². The van der Waals surface area contributed by atoms with Gasteiger partial charge in [0, 0.05) is 11.1 Å². The van der Waals surface area contributed by atoms with Crippen LogP contribution in [-0.2, 0) is 12.8 Å². The molecule has 1 atom stereocenters. The molecule has 1 unspecified atom stereocenters. The Morgan fingerprint density at radius 3 is 3.00 bits per heavy atom. The molecular weight excluding hydrogens is 238 g/mol. The summed E-state index contributed by atoms with van der Waals surface area (Å²) >= 11 is 1.93. The molecule has 1 aliphatic carbocycles. The molecule has 0 N–H and O–H groups in total. The monoisotopic (exact) mass is 255 g/mol. The summed E-state index contributed by atoms with van der Waals surface area (Å²) in [6.45, 7) is 4.52. The first-order chi connectivity index (χ1) is 8.79. The van der Waals surface area contributed by atoms with E-state index in [1.54, 1.807) is 0 Å². The molecule has 2 aromatic heterocycles. The number of thiophene rings is 1. The van der Waals surface area contributed by atoms with Crippen molar-refractivity contribution in [3.8, 4) is 10.6 Å². The molecule has 0 aromatic carbocycles. The Morgan fingerprint density at radius 2 is 2.28 bits per heavy atom. The third kappa shape index (κ3) is 1.91. The number of allylic oxidation sites excluding steroid dienone is 1. The SMILES string of the molecule is CCc1c(-c2ccccn2)sc2c1C=CC(C)C2. The third-order valence-corrected chi connectivity index (χ3v) is 4.77. The molecule has 1 nitrogen and oxygen atoms in total. The van der Waals surface area contributed by atoms with Crippen LogP contribution in [0.3, 0.4) is 0 Å². The van der Waals surface area contributed by atoms with Crippen molar-refractivity contribution in [3.05, 3.63) is 46.5 Å².